The van der Waals surface area contributed by atoms with E-state index < -0.39 is 4.92 Å². The highest BCUT2D eigenvalue weighted by molar-refractivity contribution is 9.10. The summed E-state index contributed by atoms with van der Waals surface area (Å²) in [6, 6.07) is 10.1. The fraction of sp³-hybridized carbons (Fsp3) is 0.222. The van der Waals surface area contributed by atoms with Crippen molar-refractivity contribution in [3.8, 4) is 11.5 Å². The Balaban J connectivity index is 2.13. The summed E-state index contributed by atoms with van der Waals surface area (Å²) in [6.45, 7) is 7.01. The van der Waals surface area contributed by atoms with Crippen LogP contribution in [0.4, 0.5) is 11.4 Å². The van der Waals surface area contributed by atoms with Crippen molar-refractivity contribution in [1.82, 2.24) is 0 Å². The first-order valence-electron chi connectivity index (χ1n) is 7.72. The van der Waals surface area contributed by atoms with Crippen LogP contribution in [0.15, 0.2) is 53.5 Å². The van der Waals surface area contributed by atoms with Crippen LogP contribution in [0.1, 0.15) is 12.5 Å². The number of halogens is 1. The van der Waals surface area contributed by atoms with Crippen molar-refractivity contribution in [1.29, 1.82) is 0 Å². The van der Waals surface area contributed by atoms with Gasteiger partial charge in [0.25, 0.3) is 5.69 Å². The number of benzene rings is 2. The largest absolute Gasteiger partial charge is 0.490 e. The number of anilines is 1. The topological polar surface area (TPSA) is 73.6 Å². The monoisotopic (exact) mass is 406 g/mol. The molecule has 0 amide bonds. The molecule has 0 aliphatic heterocycles. The predicted molar refractivity (Wildman–Crippen MR) is 101 cm³/mol. The maximum Gasteiger partial charge on any atom is 0.269 e. The molecule has 0 radical (unpaired) electrons. The van der Waals surface area contributed by atoms with Gasteiger partial charge in [0.1, 0.15) is 6.61 Å². The molecule has 0 atom stereocenters. The van der Waals surface area contributed by atoms with Crippen LogP contribution >= 0.6 is 15.9 Å². The zero-order valence-electron chi connectivity index (χ0n) is 13.8. The Hall–Kier alpha value is -2.54. The Morgan fingerprint density at radius 2 is 2.00 bits per heavy atom. The number of nitro groups is 1. The van der Waals surface area contributed by atoms with Crippen LogP contribution < -0.4 is 14.8 Å². The average molecular weight is 407 g/mol. The van der Waals surface area contributed by atoms with Crippen LogP contribution in [-0.2, 0) is 6.54 Å². The summed E-state index contributed by atoms with van der Waals surface area (Å²) in [5, 5.41) is 13.9. The normalized spacial score (nSPS) is 10.2. The second-order valence-electron chi connectivity index (χ2n) is 5.10. The van der Waals surface area contributed by atoms with Gasteiger partial charge in [-0.3, -0.25) is 10.1 Å². The zero-order chi connectivity index (χ0) is 18.2. The molecule has 0 saturated heterocycles. The minimum atomic E-state index is -0.419. The summed E-state index contributed by atoms with van der Waals surface area (Å²) in [5.41, 5.74) is 1.85. The van der Waals surface area contributed by atoms with Crippen molar-refractivity contribution in [3.63, 3.8) is 0 Å². The van der Waals surface area contributed by atoms with E-state index in [-0.39, 0.29) is 5.69 Å². The molecule has 0 spiro atoms. The third-order valence-corrected chi connectivity index (χ3v) is 3.88. The first-order chi connectivity index (χ1) is 12.0. The van der Waals surface area contributed by atoms with E-state index in [1.807, 2.05) is 19.1 Å². The van der Waals surface area contributed by atoms with E-state index in [0.717, 1.165) is 15.7 Å². The highest BCUT2D eigenvalue weighted by Crippen LogP contribution is 2.37. The number of rotatable bonds is 9. The first kappa shape index (κ1) is 18.8. The smallest absolute Gasteiger partial charge is 0.269 e. The lowest BCUT2D eigenvalue weighted by molar-refractivity contribution is -0.384. The van der Waals surface area contributed by atoms with E-state index in [0.29, 0.717) is 31.3 Å². The Kier molecular flexibility index (Phi) is 6.82. The van der Waals surface area contributed by atoms with Crippen LogP contribution in [0.3, 0.4) is 0 Å². The molecule has 7 heteroatoms. The minimum Gasteiger partial charge on any atom is -0.490 e. The number of nitrogens with one attached hydrogen (secondary N) is 1. The standard InChI is InChI=1S/C18H19BrN2O4/c1-3-9-25-18-16(19)10-13(11-17(18)24-4-2)12-20-14-5-7-15(8-6-14)21(22)23/h3,5-8,10-11,20H,1,4,9,12H2,2H3. The third-order valence-electron chi connectivity index (χ3n) is 3.29. The number of nitrogens with zero attached hydrogens (tertiary/aromatic N) is 1. The molecule has 0 heterocycles. The Bertz CT molecular complexity index is 747. The van der Waals surface area contributed by atoms with Gasteiger partial charge in [0, 0.05) is 24.4 Å². The average Bonchev–Trinajstić information content (AvgIpc) is 2.60. The molecule has 0 bridgehead atoms. The summed E-state index contributed by atoms with van der Waals surface area (Å²) < 4.78 is 12.1. The zero-order valence-corrected chi connectivity index (χ0v) is 15.4. The fourth-order valence-electron chi connectivity index (χ4n) is 2.17. The summed E-state index contributed by atoms with van der Waals surface area (Å²) in [6.07, 6.45) is 1.67. The van der Waals surface area contributed by atoms with Gasteiger partial charge in [0.05, 0.1) is 16.0 Å². The summed E-state index contributed by atoms with van der Waals surface area (Å²) in [5.74, 6) is 1.29. The molecule has 6 nitrogen and oxygen atoms in total. The van der Waals surface area contributed by atoms with Crippen molar-refractivity contribution in [2.24, 2.45) is 0 Å². The molecule has 0 unspecified atom stereocenters. The highest BCUT2D eigenvalue weighted by atomic mass is 79.9. The molecule has 25 heavy (non-hydrogen) atoms. The summed E-state index contributed by atoms with van der Waals surface area (Å²) in [7, 11) is 0. The molecule has 0 aliphatic rings. The number of nitro benzene ring substituents is 1. The van der Waals surface area contributed by atoms with E-state index in [1.165, 1.54) is 12.1 Å². The van der Waals surface area contributed by atoms with Gasteiger partial charge >= 0.3 is 0 Å². The van der Waals surface area contributed by atoms with Crippen molar-refractivity contribution < 1.29 is 14.4 Å². The van der Waals surface area contributed by atoms with Gasteiger partial charge < -0.3 is 14.8 Å². The molecule has 0 aliphatic carbocycles. The summed E-state index contributed by atoms with van der Waals surface area (Å²) >= 11 is 3.51. The summed E-state index contributed by atoms with van der Waals surface area (Å²) in [4.78, 5) is 10.3. The molecule has 0 aromatic heterocycles. The van der Waals surface area contributed by atoms with Crippen molar-refractivity contribution in [2.75, 3.05) is 18.5 Å². The van der Waals surface area contributed by atoms with Crippen LogP contribution in [0.2, 0.25) is 0 Å². The first-order valence-corrected chi connectivity index (χ1v) is 8.51. The van der Waals surface area contributed by atoms with Gasteiger partial charge in [0.2, 0.25) is 0 Å². The van der Waals surface area contributed by atoms with Crippen LogP contribution in [0.25, 0.3) is 0 Å². The molecule has 2 aromatic rings. The van der Waals surface area contributed by atoms with E-state index in [2.05, 4.69) is 27.8 Å². The number of ether oxygens (including phenoxy) is 2. The number of non-ortho nitro benzene ring substituents is 1. The van der Waals surface area contributed by atoms with Gasteiger partial charge in [-0.25, -0.2) is 0 Å². The highest BCUT2D eigenvalue weighted by Gasteiger charge is 2.12. The molecule has 2 aromatic carbocycles. The van der Waals surface area contributed by atoms with E-state index in [1.54, 1.807) is 18.2 Å². The Morgan fingerprint density at radius 1 is 1.28 bits per heavy atom. The van der Waals surface area contributed by atoms with Gasteiger partial charge in [-0.1, -0.05) is 12.7 Å². The SMILES string of the molecule is C=CCOc1c(Br)cc(CNc2ccc([N+](=O)[O-])cc2)cc1OCC. The molecular formula is C18H19BrN2O4. The lowest BCUT2D eigenvalue weighted by Gasteiger charge is -2.15. The van der Waals surface area contributed by atoms with E-state index >= 15 is 0 Å². The molecule has 132 valence electrons. The second-order valence-corrected chi connectivity index (χ2v) is 5.95. The Morgan fingerprint density at radius 3 is 2.60 bits per heavy atom. The van der Waals surface area contributed by atoms with Crippen molar-refractivity contribution >= 4 is 27.3 Å². The second kappa shape index (κ2) is 9.08. The quantitative estimate of drug-likeness (QED) is 0.362. The van der Waals surface area contributed by atoms with Crippen LogP contribution in [0.5, 0.6) is 11.5 Å². The molecular weight excluding hydrogens is 388 g/mol. The lowest BCUT2D eigenvalue weighted by Crippen LogP contribution is -2.04. The van der Waals surface area contributed by atoms with Gasteiger partial charge in [-0.05, 0) is 52.7 Å². The third kappa shape index (κ3) is 5.22. The van der Waals surface area contributed by atoms with Crippen LogP contribution in [0, 0.1) is 10.1 Å². The van der Waals surface area contributed by atoms with Gasteiger partial charge in [-0.2, -0.15) is 0 Å². The minimum absolute atomic E-state index is 0.0654. The maximum atomic E-state index is 10.7. The molecule has 1 N–H and O–H groups in total. The molecule has 0 saturated carbocycles. The van der Waals surface area contributed by atoms with E-state index in [4.69, 9.17) is 9.47 Å². The molecule has 2 rings (SSSR count). The lowest BCUT2D eigenvalue weighted by atomic mass is 10.2. The van der Waals surface area contributed by atoms with E-state index in [9.17, 15) is 10.1 Å². The maximum absolute atomic E-state index is 10.7. The fourth-order valence-corrected chi connectivity index (χ4v) is 2.78. The molecule has 0 fully saturated rings. The number of hydrogen-bond donors (Lipinski definition) is 1. The van der Waals surface area contributed by atoms with Gasteiger partial charge in [-0.15, -0.1) is 0 Å². The van der Waals surface area contributed by atoms with Crippen molar-refractivity contribution in [3.05, 3.63) is 69.2 Å². The van der Waals surface area contributed by atoms with Crippen molar-refractivity contribution in [2.45, 2.75) is 13.5 Å². The Labute approximate surface area is 154 Å². The van der Waals surface area contributed by atoms with Gasteiger partial charge in [0.15, 0.2) is 11.5 Å². The number of hydrogen-bond acceptors (Lipinski definition) is 5. The predicted octanol–water partition coefficient (Wildman–Crippen LogP) is 4.93. The van der Waals surface area contributed by atoms with Crippen LogP contribution in [-0.4, -0.2) is 18.1 Å².